The van der Waals surface area contributed by atoms with Crippen LogP contribution in [0, 0.1) is 5.41 Å². The summed E-state index contributed by atoms with van der Waals surface area (Å²) < 4.78 is 58.0. The maximum absolute atomic E-state index is 15.8. The highest BCUT2D eigenvalue weighted by Gasteiger charge is 2.58. The summed E-state index contributed by atoms with van der Waals surface area (Å²) in [5.74, 6) is -0.733. The number of hydrogen-bond donors (Lipinski definition) is 3. The smallest absolute Gasteiger partial charge is 0.406 e. The van der Waals surface area contributed by atoms with Gasteiger partial charge < -0.3 is 25.1 Å². The second-order valence-corrected chi connectivity index (χ2v) is 14.6. The number of thioether (sulfide) groups is 1. The van der Waals surface area contributed by atoms with E-state index in [1.807, 2.05) is 0 Å². The molecule has 19 heteroatoms. The van der Waals surface area contributed by atoms with Gasteiger partial charge in [-0.1, -0.05) is 44.1 Å². The van der Waals surface area contributed by atoms with E-state index in [1.165, 1.54) is 13.3 Å². The highest BCUT2D eigenvalue weighted by molar-refractivity contribution is 8.13. The lowest BCUT2D eigenvalue weighted by molar-refractivity contribution is -0.149. The minimum atomic E-state index is -4.34. The summed E-state index contributed by atoms with van der Waals surface area (Å²) >= 11 is 7.12. The van der Waals surface area contributed by atoms with Crippen LogP contribution in [0.25, 0.3) is 11.2 Å². The largest absolute Gasteiger partial charge is 0.476 e. The maximum atomic E-state index is 15.8. The molecule has 4 N–H and O–H groups in total. The summed E-state index contributed by atoms with van der Waals surface area (Å²) in [5, 5.41) is 10.2. The van der Waals surface area contributed by atoms with Crippen LogP contribution in [0.3, 0.4) is 0 Å². The van der Waals surface area contributed by atoms with Crippen LogP contribution < -0.4 is 15.6 Å². The first-order valence-corrected chi connectivity index (χ1v) is 16.7. The van der Waals surface area contributed by atoms with E-state index in [0.717, 1.165) is 16.3 Å². The summed E-state index contributed by atoms with van der Waals surface area (Å²) in [7, 11) is -4.34. The van der Waals surface area contributed by atoms with Gasteiger partial charge >= 0.3 is 13.7 Å². The maximum Gasteiger partial charge on any atom is 0.406 e. The Bertz CT molecular complexity index is 1380. The Morgan fingerprint density at radius 2 is 2.00 bits per heavy atom. The third-order valence-electron chi connectivity index (χ3n) is 5.98. The van der Waals surface area contributed by atoms with E-state index >= 15 is 4.39 Å². The number of nitrogens with zero attached hydrogens (tertiary/aromatic N) is 4. The zero-order chi connectivity index (χ0) is 33.0. The van der Waals surface area contributed by atoms with E-state index in [2.05, 4.69) is 20.0 Å². The molecule has 2 aromatic rings. The highest BCUT2D eigenvalue weighted by atomic mass is 35.5. The van der Waals surface area contributed by atoms with Gasteiger partial charge in [0.1, 0.15) is 18.2 Å². The summed E-state index contributed by atoms with van der Waals surface area (Å²) in [6.45, 7) is 11.0. The summed E-state index contributed by atoms with van der Waals surface area (Å²) in [6, 6.07) is -1.15. The average molecular weight is 685 g/mol. The van der Waals surface area contributed by atoms with Crippen LogP contribution in [0.4, 0.5) is 10.3 Å². The first-order valence-electron chi connectivity index (χ1n) is 13.8. The number of esters is 1. The van der Waals surface area contributed by atoms with Crippen LogP contribution in [-0.2, 0) is 32.7 Å². The summed E-state index contributed by atoms with van der Waals surface area (Å²) in [4.78, 5) is 36.9. The van der Waals surface area contributed by atoms with E-state index in [0.29, 0.717) is 0 Å². The molecule has 2 aromatic heterocycles. The molecule has 1 fully saturated rings. The zero-order valence-electron chi connectivity index (χ0n) is 25.5. The molecule has 0 bridgehead atoms. The van der Waals surface area contributed by atoms with Crippen molar-refractivity contribution in [3.63, 3.8) is 0 Å². The number of aliphatic hydroxyl groups is 1. The second kappa shape index (κ2) is 14.5. The molecular weight excluding hydrogens is 646 g/mol. The Morgan fingerprint density at radius 3 is 2.61 bits per heavy atom. The second-order valence-electron chi connectivity index (χ2n) is 11.1. The number of aliphatic hydroxyl groups excluding tert-OH is 1. The van der Waals surface area contributed by atoms with E-state index < -0.39 is 61.4 Å². The van der Waals surface area contributed by atoms with Crippen molar-refractivity contribution in [3.8, 4) is 5.88 Å². The Morgan fingerprint density at radius 1 is 1.32 bits per heavy atom. The van der Waals surface area contributed by atoms with Crippen LogP contribution in [0.2, 0.25) is 0 Å². The minimum absolute atomic E-state index is 0.0258. The van der Waals surface area contributed by atoms with Crippen molar-refractivity contribution < 1.29 is 46.9 Å². The van der Waals surface area contributed by atoms with Gasteiger partial charge in [0, 0.05) is 11.2 Å². The standard InChI is InChI=1S/C25H39ClFN6O9PS/c1-8-38-19-16-18(30-23(28)31-19)33(12-29-16)21-25(26,27)17(34)15(42-21)11-40-43(37,32-14(4)20(35)41-13(2)3)39-9-10-44-22(36)24(5,6)7/h12-15,17,21,34H,8-11H2,1-7H3,(H,32,37)(H2,28,30,31)/t14-,15+,17+,21+,25-,43+/m0/s1. The van der Waals surface area contributed by atoms with E-state index in [4.69, 9.17) is 40.6 Å². The number of imidazole rings is 1. The molecule has 1 saturated heterocycles. The zero-order valence-corrected chi connectivity index (χ0v) is 28.0. The molecule has 6 atom stereocenters. The molecule has 0 radical (unpaired) electrons. The van der Waals surface area contributed by atoms with Gasteiger partial charge in [0.25, 0.3) is 5.13 Å². The van der Waals surface area contributed by atoms with Gasteiger partial charge in [-0.3, -0.25) is 23.2 Å². The molecule has 15 nitrogen and oxygen atoms in total. The molecule has 0 aliphatic carbocycles. The van der Waals surface area contributed by atoms with Crippen LogP contribution >= 0.6 is 31.1 Å². The first-order chi connectivity index (χ1) is 20.4. The quantitative estimate of drug-likeness (QED) is 0.113. The molecule has 1 aliphatic rings. The molecule has 0 unspecified atom stereocenters. The van der Waals surface area contributed by atoms with E-state index in [1.54, 1.807) is 41.5 Å². The van der Waals surface area contributed by atoms with Gasteiger partial charge in [0.05, 0.1) is 32.3 Å². The molecule has 3 rings (SSSR count). The SMILES string of the molecule is CCOc1nc(N)nc2c1ncn2[C@@H]1O[C@H](CO[P@@](=O)(N[C@@H](C)C(=O)OC(C)C)OCCSC(=O)C(C)(C)C)[C@@H](O)[C@@]1(F)Cl. The van der Waals surface area contributed by atoms with Gasteiger partial charge in [0.15, 0.2) is 22.5 Å². The molecule has 0 spiro atoms. The van der Waals surface area contributed by atoms with Crippen LogP contribution in [0.5, 0.6) is 5.88 Å². The predicted octanol–water partition coefficient (Wildman–Crippen LogP) is 3.35. The molecule has 44 heavy (non-hydrogen) atoms. The molecular formula is C25H39ClFN6O9PS. The molecule has 0 amide bonds. The number of halogens is 2. The van der Waals surface area contributed by atoms with Gasteiger partial charge in [-0.15, -0.1) is 0 Å². The van der Waals surface area contributed by atoms with Gasteiger partial charge in [-0.25, -0.2) is 19.0 Å². The van der Waals surface area contributed by atoms with Crippen LogP contribution in [-0.4, -0.2) is 90.8 Å². The van der Waals surface area contributed by atoms with Crippen molar-refractivity contribution in [2.45, 2.75) is 84.2 Å². The number of alkyl halides is 2. The molecule has 248 valence electrons. The topological polar surface area (TPSA) is 199 Å². The van der Waals surface area contributed by atoms with Crippen molar-refractivity contribution in [3.05, 3.63) is 6.33 Å². The number of aromatic nitrogens is 4. The minimum Gasteiger partial charge on any atom is -0.476 e. The lowest BCUT2D eigenvalue weighted by Crippen LogP contribution is -2.39. The molecule has 0 aromatic carbocycles. The van der Waals surface area contributed by atoms with Gasteiger partial charge in [-0.05, 0) is 27.7 Å². The third-order valence-corrected chi connectivity index (χ3v) is 9.35. The van der Waals surface area contributed by atoms with Crippen LogP contribution in [0.1, 0.15) is 54.7 Å². The fourth-order valence-electron chi connectivity index (χ4n) is 3.84. The van der Waals surface area contributed by atoms with E-state index in [9.17, 15) is 19.3 Å². The molecule has 1 aliphatic heterocycles. The van der Waals surface area contributed by atoms with Crippen LogP contribution in [0.15, 0.2) is 6.33 Å². The van der Waals surface area contributed by atoms with Crippen molar-refractivity contribution in [2.24, 2.45) is 5.41 Å². The van der Waals surface area contributed by atoms with Crippen molar-refractivity contribution in [1.29, 1.82) is 0 Å². The molecule has 3 heterocycles. The fraction of sp³-hybridized carbons (Fsp3) is 0.720. The van der Waals surface area contributed by atoms with Crippen molar-refractivity contribution in [1.82, 2.24) is 24.6 Å². The number of carbonyl (C=O) groups excluding carboxylic acids is 2. The Kier molecular flexibility index (Phi) is 12.0. The number of hydrogen-bond acceptors (Lipinski definition) is 14. The van der Waals surface area contributed by atoms with Gasteiger partial charge in [0.2, 0.25) is 11.8 Å². The number of fused-ring (bicyclic) bond motifs is 1. The van der Waals surface area contributed by atoms with Crippen molar-refractivity contribution >= 4 is 59.3 Å². The number of nitrogens with one attached hydrogen (secondary N) is 1. The average Bonchev–Trinajstić information content (AvgIpc) is 3.42. The Hall–Kier alpha value is -2.11. The number of anilines is 1. The Balaban J connectivity index is 1.78. The summed E-state index contributed by atoms with van der Waals surface area (Å²) in [6.07, 6.45) is -4.42. The number of ether oxygens (including phenoxy) is 3. The van der Waals surface area contributed by atoms with Crippen molar-refractivity contribution in [2.75, 3.05) is 31.3 Å². The number of nitrogen functional groups attached to an aromatic ring is 1. The monoisotopic (exact) mass is 684 g/mol. The fourth-order valence-corrected chi connectivity index (χ4v) is 6.52. The lowest BCUT2D eigenvalue weighted by atomic mass is 10.00. The lowest BCUT2D eigenvalue weighted by Gasteiger charge is -2.25. The van der Waals surface area contributed by atoms with E-state index in [-0.39, 0.29) is 47.1 Å². The number of rotatable bonds is 14. The Labute approximate surface area is 263 Å². The first kappa shape index (κ1) is 36.4. The highest BCUT2D eigenvalue weighted by Crippen LogP contribution is 2.49. The summed E-state index contributed by atoms with van der Waals surface area (Å²) in [5.41, 5.74) is 5.36. The van der Waals surface area contributed by atoms with Gasteiger partial charge in [-0.2, -0.15) is 9.97 Å². The third kappa shape index (κ3) is 8.78. The normalized spacial score (nSPS) is 24.4. The predicted molar refractivity (Wildman–Crippen MR) is 161 cm³/mol. The molecule has 0 saturated carbocycles. The number of carbonyl (C=O) groups is 2. The number of nitrogens with two attached hydrogens (primary N) is 1.